The number of hydrazine groups is 1. The van der Waals surface area contributed by atoms with Crippen LogP contribution in [0, 0.1) is 0 Å². The van der Waals surface area contributed by atoms with E-state index >= 15 is 0 Å². The molecular weight excluding hydrogens is 232 g/mol. The molecule has 0 saturated heterocycles. The Morgan fingerprint density at radius 3 is 2.69 bits per heavy atom. The standard InChI is InChI=1S/C9H9ClN4O2/c10-6-1-3-7(4-2-6)15-5-8-13-14-9(12-11)16-8/h1-4H,5,11H2,(H,12,14). The van der Waals surface area contributed by atoms with E-state index in [1.807, 2.05) is 0 Å². The molecule has 6 nitrogen and oxygen atoms in total. The molecule has 0 spiro atoms. The first-order valence-corrected chi connectivity index (χ1v) is 4.83. The van der Waals surface area contributed by atoms with Crippen LogP contribution in [0.2, 0.25) is 5.02 Å². The number of nitrogens with one attached hydrogen (secondary N) is 1. The highest BCUT2D eigenvalue weighted by molar-refractivity contribution is 6.30. The molecule has 7 heteroatoms. The number of nitrogens with zero attached hydrogens (tertiary/aromatic N) is 2. The van der Waals surface area contributed by atoms with Gasteiger partial charge in [-0.3, -0.25) is 5.43 Å². The number of nitrogens with two attached hydrogens (primary N) is 1. The summed E-state index contributed by atoms with van der Waals surface area (Å²) in [6, 6.07) is 7.12. The Kier molecular flexibility index (Phi) is 3.23. The minimum Gasteiger partial charge on any atom is -0.484 e. The van der Waals surface area contributed by atoms with Gasteiger partial charge >= 0.3 is 6.01 Å². The molecule has 1 heterocycles. The maximum Gasteiger partial charge on any atom is 0.330 e. The third kappa shape index (κ3) is 2.62. The minimum atomic E-state index is 0.148. The molecule has 0 aliphatic rings. The zero-order valence-electron chi connectivity index (χ0n) is 8.18. The molecule has 0 aliphatic carbocycles. The van der Waals surface area contributed by atoms with Crippen molar-refractivity contribution in [3.63, 3.8) is 0 Å². The van der Waals surface area contributed by atoms with Crippen LogP contribution in [0.25, 0.3) is 0 Å². The van der Waals surface area contributed by atoms with Crippen LogP contribution in [0.1, 0.15) is 5.89 Å². The van der Waals surface area contributed by atoms with Gasteiger partial charge in [0.05, 0.1) is 0 Å². The van der Waals surface area contributed by atoms with Crippen molar-refractivity contribution in [2.45, 2.75) is 6.61 Å². The molecule has 0 unspecified atom stereocenters. The number of ether oxygens (including phenoxy) is 1. The van der Waals surface area contributed by atoms with Gasteiger partial charge < -0.3 is 9.15 Å². The van der Waals surface area contributed by atoms with Gasteiger partial charge in [-0.1, -0.05) is 16.7 Å². The predicted octanol–water partition coefficient (Wildman–Crippen LogP) is 1.59. The van der Waals surface area contributed by atoms with Gasteiger partial charge in [-0.05, 0) is 24.3 Å². The van der Waals surface area contributed by atoms with Crippen molar-refractivity contribution < 1.29 is 9.15 Å². The lowest BCUT2D eigenvalue weighted by Gasteiger charge is -2.02. The van der Waals surface area contributed by atoms with E-state index in [0.717, 1.165) is 0 Å². The highest BCUT2D eigenvalue weighted by Gasteiger charge is 2.04. The number of anilines is 1. The average Bonchev–Trinajstić information content (AvgIpc) is 2.76. The second kappa shape index (κ2) is 4.82. The SMILES string of the molecule is NNc1nnc(COc2ccc(Cl)cc2)o1. The first kappa shape index (κ1) is 10.7. The summed E-state index contributed by atoms with van der Waals surface area (Å²) in [4.78, 5) is 0. The number of rotatable bonds is 4. The summed E-state index contributed by atoms with van der Waals surface area (Å²) in [7, 11) is 0. The van der Waals surface area contributed by atoms with Crippen molar-refractivity contribution in [2.75, 3.05) is 5.43 Å². The number of nitrogen functional groups attached to an aromatic ring is 1. The molecule has 0 saturated carbocycles. The summed E-state index contributed by atoms with van der Waals surface area (Å²) >= 11 is 5.73. The van der Waals surface area contributed by atoms with E-state index in [9.17, 15) is 0 Å². The third-order valence-electron chi connectivity index (χ3n) is 1.77. The van der Waals surface area contributed by atoms with Crippen molar-refractivity contribution in [1.29, 1.82) is 0 Å². The monoisotopic (exact) mass is 240 g/mol. The summed E-state index contributed by atoms with van der Waals surface area (Å²) < 4.78 is 10.5. The topological polar surface area (TPSA) is 86.2 Å². The van der Waals surface area contributed by atoms with Crippen LogP contribution in [0.5, 0.6) is 5.75 Å². The van der Waals surface area contributed by atoms with Crippen LogP contribution in [0.3, 0.4) is 0 Å². The molecule has 16 heavy (non-hydrogen) atoms. The van der Waals surface area contributed by atoms with E-state index in [1.165, 1.54) is 0 Å². The highest BCUT2D eigenvalue weighted by atomic mass is 35.5. The fraction of sp³-hybridized carbons (Fsp3) is 0.111. The average molecular weight is 241 g/mol. The molecule has 0 radical (unpaired) electrons. The Morgan fingerprint density at radius 2 is 2.06 bits per heavy atom. The molecule has 84 valence electrons. The largest absolute Gasteiger partial charge is 0.484 e. The second-order valence-corrected chi connectivity index (χ2v) is 3.32. The van der Waals surface area contributed by atoms with Crippen LogP contribution < -0.4 is 16.0 Å². The van der Waals surface area contributed by atoms with Gasteiger partial charge in [-0.15, -0.1) is 5.10 Å². The van der Waals surface area contributed by atoms with Gasteiger partial charge in [0.1, 0.15) is 5.75 Å². The molecule has 3 N–H and O–H groups in total. The van der Waals surface area contributed by atoms with Crippen molar-refractivity contribution in [2.24, 2.45) is 5.84 Å². The van der Waals surface area contributed by atoms with E-state index in [1.54, 1.807) is 24.3 Å². The van der Waals surface area contributed by atoms with Crippen molar-refractivity contribution in [3.05, 3.63) is 35.2 Å². The van der Waals surface area contributed by atoms with Crippen LogP contribution in [0.4, 0.5) is 6.01 Å². The summed E-state index contributed by atoms with van der Waals surface area (Å²) in [5.41, 5.74) is 2.24. The van der Waals surface area contributed by atoms with Crippen LogP contribution in [-0.2, 0) is 6.61 Å². The predicted molar refractivity (Wildman–Crippen MR) is 57.9 cm³/mol. The second-order valence-electron chi connectivity index (χ2n) is 2.89. The Balaban J connectivity index is 1.94. The molecule has 2 rings (SSSR count). The third-order valence-corrected chi connectivity index (χ3v) is 2.02. The zero-order valence-corrected chi connectivity index (χ0v) is 8.94. The summed E-state index contributed by atoms with van der Waals surface area (Å²) in [5, 5.41) is 7.97. The maximum absolute atomic E-state index is 5.73. The van der Waals surface area contributed by atoms with Crippen molar-refractivity contribution in [3.8, 4) is 5.75 Å². The lowest BCUT2D eigenvalue weighted by Crippen LogP contribution is -2.06. The fourth-order valence-electron chi connectivity index (χ4n) is 1.05. The summed E-state index contributed by atoms with van der Waals surface area (Å²) in [6.45, 7) is 0.177. The molecule has 0 aliphatic heterocycles. The Hall–Kier alpha value is -1.79. The molecule has 0 atom stereocenters. The van der Waals surface area contributed by atoms with E-state index in [-0.39, 0.29) is 12.6 Å². The van der Waals surface area contributed by atoms with Crippen LogP contribution >= 0.6 is 11.6 Å². The van der Waals surface area contributed by atoms with E-state index in [4.69, 9.17) is 26.6 Å². The van der Waals surface area contributed by atoms with E-state index in [2.05, 4.69) is 15.6 Å². The Morgan fingerprint density at radius 1 is 1.31 bits per heavy atom. The number of hydrogen-bond acceptors (Lipinski definition) is 6. The first-order chi connectivity index (χ1) is 7.78. The number of aromatic nitrogens is 2. The van der Waals surface area contributed by atoms with Crippen LogP contribution in [0.15, 0.2) is 28.7 Å². The van der Waals surface area contributed by atoms with Gasteiger partial charge in [0.25, 0.3) is 5.89 Å². The summed E-state index contributed by atoms with van der Waals surface area (Å²) in [5.74, 6) is 6.09. The van der Waals surface area contributed by atoms with Gasteiger partial charge in [0, 0.05) is 5.02 Å². The smallest absolute Gasteiger partial charge is 0.330 e. The zero-order chi connectivity index (χ0) is 11.4. The molecular formula is C9H9ClN4O2. The maximum atomic E-state index is 5.73. The fourth-order valence-corrected chi connectivity index (χ4v) is 1.17. The van der Waals surface area contributed by atoms with Crippen LogP contribution in [-0.4, -0.2) is 10.2 Å². The molecule has 0 amide bonds. The minimum absolute atomic E-state index is 0.148. The Bertz CT molecular complexity index is 457. The van der Waals surface area contributed by atoms with Gasteiger partial charge in [0.2, 0.25) is 0 Å². The molecule has 1 aromatic heterocycles. The van der Waals surface area contributed by atoms with Gasteiger partial charge in [0.15, 0.2) is 6.61 Å². The van der Waals surface area contributed by atoms with E-state index < -0.39 is 0 Å². The van der Waals surface area contributed by atoms with Gasteiger partial charge in [-0.25, -0.2) is 5.84 Å². The van der Waals surface area contributed by atoms with Crippen molar-refractivity contribution in [1.82, 2.24) is 10.2 Å². The highest BCUT2D eigenvalue weighted by Crippen LogP contribution is 2.16. The number of benzene rings is 1. The normalized spacial score (nSPS) is 10.1. The quantitative estimate of drug-likeness (QED) is 0.623. The lowest BCUT2D eigenvalue weighted by molar-refractivity contribution is 0.264. The molecule has 1 aromatic carbocycles. The lowest BCUT2D eigenvalue weighted by atomic mass is 10.3. The van der Waals surface area contributed by atoms with Gasteiger partial charge in [-0.2, -0.15) is 0 Å². The van der Waals surface area contributed by atoms with Crippen molar-refractivity contribution >= 4 is 17.6 Å². The summed E-state index contributed by atoms with van der Waals surface area (Å²) in [6.07, 6.45) is 0. The Labute approximate surface area is 96.3 Å². The first-order valence-electron chi connectivity index (χ1n) is 4.45. The molecule has 0 fully saturated rings. The number of halogens is 1. The van der Waals surface area contributed by atoms with E-state index in [0.29, 0.717) is 16.7 Å². The molecule has 2 aromatic rings. The molecule has 0 bridgehead atoms. The number of hydrogen-bond donors (Lipinski definition) is 2.